The van der Waals surface area contributed by atoms with E-state index >= 15 is 0 Å². The number of carbonyl (C=O) groups excluding carboxylic acids is 2. The van der Waals surface area contributed by atoms with Gasteiger partial charge in [0, 0.05) is 17.3 Å². The van der Waals surface area contributed by atoms with Gasteiger partial charge >= 0.3 is 5.97 Å². The van der Waals surface area contributed by atoms with E-state index in [-0.39, 0.29) is 17.4 Å². The smallest absolute Gasteiger partial charge is 0.343 e. The summed E-state index contributed by atoms with van der Waals surface area (Å²) in [6, 6.07) is 8.52. The molecule has 3 rings (SSSR count). The van der Waals surface area contributed by atoms with Crippen LogP contribution in [0.2, 0.25) is 0 Å². The third-order valence-electron chi connectivity index (χ3n) is 4.10. The Morgan fingerprint density at radius 1 is 1.15 bits per heavy atom. The summed E-state index contributed by atoms with van der Waals surface area (Å²) in [5, 5.41) is 7.38. The first-order valence-electron chi connectivity index (χ1n) is 8.10. The number of aryl methyl sites for hydroxylation is 1. The van der Waals surface area contributed by atoms with Crippen LogP contribution in [0.15, 0.2) is 64.6 Å². The molecule has 0 spiro atoms. The number of benzene rings is 1. The number of hydrogen-bond donors (Lipinski definition) is 0. The number of carbonyl (C=O) groups is 2. The maximum absolute atomic E-state index is 11.8. The van der Waals surface area contributed by atoms with Gasteiger partial charge in [-0.05, 0) is 49.2 Å². The summed E-state index contributed by atoms with van der Waals surface area (Å²) >= 11 is 0. The van der Waals surface area contributed by atoms with Crippen LogP contribution >= 0.6 is 0 Å². The molecule has 7 nitrogen and oxygen atoms in total. The number of pyridine rings is 1. The molecule has 1 aliphatic heterocycles. The van der Waals surface area contributed by atoms with Crippen LogP contribution < -0.4 is 4.74 Å². The Labute approximate surface area is 156 Å². The number of methoxy groups -OCH3 is 1. The minimum Gasteiger partial charge on any atom is -0.465 e. The number of rotatable bonds is 4. The van der Waals surface area contributed by atoms with Gasteiger partial charge in [-0.25, -0.2) is 9.78 Å². The summed E-state index contributed by atoms with van der Waals surface area (Å²) in [7, 11) is 1.30. The minimum atomic E-state index is -0.533. The Morgan fingerprint density at radius 2 is 1.93 bits per heavy atom. The first-order valence-corrected chi connectivity index (χ1v) is 8.10. The van der Waals surface area contributed by atoms with Crippen LogP contribution in [0.25, 0.3) is 5.57 Å². The molecule has 0 saturated heterocycles. The van der Waals surface area contributed by atoms with E-state index in [2.05, 4.69) is 21.8 Å². The summed E-state index contributed by atoms with van der Waals surface area (Å²) in [6.45, 7) is 7.44. The van der Waals surface area contributed by atoms with E-state index in [1.807, 2.05) is 13.0 Å². The first-order chi connectivity index (χ1) is 12.9. The fourth-order valence-corrected chi connectivity index (χ4v) is 2.74. The summed E-state index contributed by atoms with van der Waals surface area (Å²) in [6.07, 6.45) is 1.53. The van der Waals surface area contributed by atoms with E-state index in [1.165, 1.54) is 13.3 Å². The molecule has 0 N–H and O–H groups in total. The summed E-state index contributed by atoms with van der Waals surface area (Å²) < 4.78 is 10.5. The van der Waals surface area contributed by atoms with Gasteiger partial charge < -0.3 is 9.47 Å². The predicted octanol–water partition coefficient (Wildman–Crippen LogP) is 4.25. The lowest BCUT2D eigenvalue weighted by Crippen LogP contribution is -2.06. The molecule has 0 fully saturated rings. The van der Waals surface area contributed by atoms with E-state index in [4.69, 9.17) is 9.47 Å². The summed E-state index contributed by atoms with van der Waals surface area (Å²) in [5.74, 6) is -0.270. The zero-order valence-corrected chi connectivity index (χ0v) is 15.1. The average molecular weight is 363 g/mol. The van der Waals surface area contributed by atoms with Crippen LogP contribution in [0.3, 0.4) is 0 Å². The lowest BCUT2D eigenvalue weighted by atomic mass is 9.93. The van der Waals surface area contributed by atoms with E-state index in [9.17, 15) is 9.59 Å². The highest BCUT2D eigenvalue weighted by Gasteiger charge is 2.21. The van der Waals surface area contributed by atoms with Crippen molar-refractivity contribution in [2.45, 2.75) is 13.8 Å². The van der Waals surface area contributed by atoms with Gasteiger partial charge in [0.2, 0.25) is 5.88 Å². The number of azo groups is 1. The van der Waals surface area contributed by atoms with Crippen LogP contribution in [0.5, 0.6) is 11.6 Å². The molecular formula is C20H17N3O4. The number of ether oxygens (including phenoxy) is 2. The highest BCUT2D eigenvalue weighted by molar-refractivity contribution is 6.05. The van der Waals surface area contributed by atoms with Crippen molar-refractivity contribution in [1.29, 1.82) is 0 Å². The monoisotopic (exact) mass is 363 g/mol. The third-order valence-corrected chi connectivity index (χ3v) is 4.10. The average Bonchev–Trinajstić information content (AvgIpc) is 2.66. The second-order valence-electron chi connectivity index (χ2n) is 5.88. The maximum Gasteiger partial charge on any atom is 0.343 e. The molecule has 2 aromatic rings. The molecule has 0 atom stereocenters. The molecule has 7 heteroatoms. The van der Waals surface area contributed by atoms with Crippen molar-refractivity contribution in [2.24, 2.45) is 10.2 Å². The van der Waals surface area contributed by atoms with Crippen LogP contribution in [0.4, 0.5) is 0 Å². The highest BCUT2D eigenvalue weighted by Crippen LogP contribution is 2.35. The topological polar surface area (TPSA) is 90.2 Å². The van der Waals surface area contributed by atoms with E-state index < -0.39 is 5.97 Å². The largest absolute Gasteiger partial charge is 0.465 e. The van der Waals surface area contributed by atoms with E-state index in [1.54, 1.807) is 31.2 Å². The van der Waals surface area contributed by atoms with Gasteiger partial charge in [0.25, 0.3) is 5.91 Å². The van der Waals surface area contributed by atoms with Gasteiger partial charge in [0.1, 0.15) is 11.3 Å². The quantitative estimate of drug-likeness (QED) is 0.758. The normalized spacial score (nSPS) is 13.7. The van der Waals surface area contributed by atoms with Crippen molar-refractivity contribution in [1.82, 2.24) is 4.98 Å². The Balaban J connectivity index is 1.96. The molecule has 0 unspecified atom stereocenters. The fraction of sp³-hybridized carbons (Fsp3) is 0.150. The Bertz CT molecular complexity index is 1020. The number of aromatic nitrogens is 1. The van der Waals surface area contributed by atoms with Gasteiger partial charge in [-0.1, -0.05) is 12.6 Å². The van der Waals surface area contributed by atoms with Gasteiger partial charge in [0.05, 0.1) is 12.8 Å². The minimum absolute atomic E-state index is 0.151. The molecule has 1 aromatic carbocycles. The van der Waals surface area contributed by atoms with Crippen molar-refractivity contribution in [3.63, 3.8) is 0 Å². The molecule has 0 saturated carbocycles. The molecule has 0 radical (unpaired) electrons. The number of nitrogens with zero attached hydrogens (tertiary/aromatic N) is 3. The molecular weight excluding hydrogens is 346 g/mol. The Kier molecular flexibility index (Phi) is 4.94. The Morgan fingerprint density at radius 3 is 2.63 bits per heavy atom. The molecule has 1 amide bonds. The number of esters is 1. The highest BCUT2D eigenvalue weighted by atomic mass is 16.5. The molecule has 1 aliphatic rings. The van der Waals surface area contributed by atoms with Gasteiger partial charge in [-0.15, -0.1) is 10.2 Å². The Hall–Kier alpha value is -3.61. The first kappa shape index (κ1) is 18.2. The molecule has 1 aromatic heterocycles. The van der Waals surface area contributed by atoms with Gasteiger partial charge in [-0.3, -0.25) is 4.79 Å². The maximum atomic E-state index is 11.8. The van der Waals surface area contributed by atoms with Crippen molar-refractivity contribution >= 4 is 17.4 Å². The molecule has 136 valence electrons. The third kappa shape index (κ3) is 3.52. The molecule has 27 heavy (non-hydrogen) atoms. The molecule has 0 aliphatic carbocycles. The zero-order chi connectivity index (χ0) is 19.6. The summed E-state index contributed by atoms with van der Waals surface area (Å²) in [5.41, 5.74) is 3.47. The summed E-state index contributed by atoms with van der Waals surface area (Å²) in [4.78, 5) is 27.8. The molecule has 0 bridgehead atoms. The van der Waals surface area contributed by atoms with Crippen LogP contribution in [-0.2, 0) is 9.53 Å². The SMILES string of the molecule is C=C1N=NC(=O)C(C)=C1c1ccc(Oc2ncccc2C(=O)OC)cc1C. The van der Waals surface area contributed by atoms with Gasteiger partial charge in [0.15, 0.2) is 0 Å². The van der Waals surface area contributed by atoms with Crippen LogP contribution in [0.1, 0.15) is 28.4 Å². The second kappa shape index (κ2) is 7.33. The number of hydrogen-bond acceptors (Lipinski definition) is 6. The van der Waals surface area contributed by atoms with Crippen LogP contribution in [0, 0.1) is 6.92 Å². The van der Waals surface area contributed by atoms with Crippen molar-refractivity contribution in [3.05, 3.63) is 71.1 Å². The lowest BCUT2D eigenvalue weighted by Gasteiger charge is -2.16. The van der Waals surface area contributed by atoms with Gasteiger partial charge in [-0.2, -0.15) is 0 Å². The lowest BCUT2D eigenvalue weighted by molar-refractivity contribution is -0.114. The fourth-order valence-electron chi connectivity index (χ4n) is 2.74. The zero-order valence-electron chi connectivity index (χ0n) is 15.1. The predicted molar refractivity (Wildman–Crippen MR) is 98.4 cm³/mol. The van der Waals surface area contributed by atoms with Crippen molar-refractivity contribution in [3.8, 4) is 11.6 Å². The standard InChI is InChI=1S/C20H17N3O4/c1-11-10-14(27-19-16(20(25)26-4)6-5-9-21-19)7-8-15(11)17-12(2)18(24)23-22-13(17)3/h5-10H,3H2,1-2,4H3. The number of allylic oxidation sites excluding steroid dienone is 1. The number of amides is 1. The van der Waals surface area contributed by atoms with Crippen molar-refractivity contribution < 1.29 is 19.1 Å². The van der Waals surface area contributed by atoms with E-state index in [0.717, 1.165) is 11.1 Å². The van der Waals surface area contributed by atoms with Crippen molar-refractivity contribution in [2.75, 3.05) is 7.11 Å². The second-order valence-corrected chi connectivity index (χ2v) is 5.88. The molecule has 2 heterocycles. The van der Waals surface area contributed by atoms with Crippen LogP contribution in [-0.4, -0.2) is 24.0 Å². The van der Waals surface area contributed by atoms with E-state index in [0.29, 0.717) is 22.6 Å².